The zero-order chi connectivity index (χ0) is 15.3. The normalized spacial score (nSPS) is 14.0. The fourth-order valence-corrected chi connectivity index (χ4v) is 2.42. The largest absolute Gasteiger partial charge is 0.299 e. The van der Waals surface area contributed by atoms with Crippen molar-refractivity contribution in [3.63, 3.8) is 0 Å². The molecule has 0 saturated heterocycles. The molecule has 1 aliphatic rings. The smallest absolute Gasteiger partial charge is 0.299 e. The number of anilines is 1. The van der Waals surface area contributed by atoms with Gasteiger partial charge in [0.2, 0.25) is 0 Å². The molecule has 3 rings (SSSR count). The van der Waals surface area contributed by atoms with Gasteiger partial charge in [-0.1, -0.05) is 0 Å². The number of Topliss-reactive ketones (excluding diaryl/α,β-unsaturated/α-hetero) is 1. The second-order valence-corrected chi connectivity index (χ2v) is 4.90. The maximum atomic E-state index is 13.4. The summed E-state index contributed by atoms with van der Waals surface area (Å²) in [6.07, 6.45) is 0. The van der Waals surface area contributed by atoms with E-state index in [1.165, 1.54) is 0 Å². The Morgan fingerprint density at radius 1 is 1.14 bits per heavy atom. The molecule has 108 valence electrons. The number of carbonyl (C=O) groups is 2. The van der Waals surface area contributed by atoms with E-state index in [1.54, 1.807) is 24.7 Å². The molecule has 0 N–H and O–H groups in total. The molecule has 2 aromatic rings. The highest BCUT2D eigenvalue weighted by Gasteiger charge is 2.37. The minimum Gasteiger partial charge on any atom is -0.299 e. The fourth-order valence-electron chi connectivity index (χ4n) is 2.42. The zero-order valence-electron chi connectivity index (χ0n) is 11.4. The quantitative estimate of drug-likeness (QED) is 0.792. The number of fused-ring (bicyclic) bond motifs is 1. The van der Waals surface area contributed by atoms with Gasteiger partial charge in [-0.3, -0.25) is 19.2 Å². The van der Waals surface area contributed by atoms with Gasteiger partial charge in [-0.2, -0.15) is 5.10 Å². The number of ketones is 1. The second-order valence-electron chi connectivity index (χ2n) is 4.90. The molecular formula is C14H11F2N3O2. The SMILES string of the molecule is Cc1cc(CN2C(=O)C(=O)c3cc(F)c(F)cc32)n(C)n1. The van der Waals surface area contributed by atoms with Gasteiger partial charge >= 0.3 is 0 Å². The predicted molar refractivity (Wildman–Crippen MR) is 69.8 cm³/mol. The number of aromatic nitrogens is 2. The number of aryl methyl sites for hydroxylation is 2. The van der Waals surface area contributed by atoms with Crippen LogP contribution in [0.5, 0.6) is 0 Å². The molecule has 1 aliphatic heterocycles. The van der Waals surface area contributed by atoms with Gasteiger partial charge in [0, 0.05) is 13.1 Å². The van der Waals surface area contributed by atoms with E-state index >= 15 is 0 Å². The minimum absolute atomic E-state index is 0.0694. The number of nitrogens with zero attached hydrogens (tertiary/aromatic N) is 3. The summed E-state index contributed by atoms with van der Waals surface area (Å²) in [6.45, 7) is 1.86. The summed E-state index contributed by atoms with van der Waals surface area (Å²) in [7, 11) is 1.71. The van der Waals surface area contributed by atoms with Crippen LogP contribution < -0.4 is 4.90 Å². The fraction of sp³-hybridized carbons (Fsp3) is 0.214. The van der Waals surface area contributed by atoms with Gasteiger partial charge in [0.15, 0.2) is 11.6 Å². The molecule has 1 aromatic heterocycles. The summed E-state index contributed by atoms with van der Waals surface area (Å²) < 4.78 is 28.2. The first-order valence-electron chi connectivity index (χ1n) is 6.23. The number of rotatable bonds is 2. The summed E-state index contributed by atoms with van der Waals surface area (Å²) in [6, 6.07) is 3.39. The van der Waals surface area contributed by atoms with Gasteiger partial charge in [0.1, 0.15) is 0 Å². The number of benzene rings is 1. The van der Waals surface area contributed by atoms with E-state index in [-0.39, 0.29) is 17.8 Å². The first-order chi connectivity index (χ1) is 9.88. The van der Waals surface area contributed by atoms with E-state index in [0.717, 1.165) is 22.7 Å². The van der Waals surface area contributed by atoms with Gasteiger partial charge in [-0.05, 0) is 19.1 Å². The molecule has 1 aromatic carbocycles. The van der Waals surface area contributed by atoms with E-state index in [2.05, 4.69) is 5.10 Å². The second kappa shape index (κ2) is 4.47. The van der Waals surface area contributed by atoms with Crippen molar-refractivity contribution in [3.8, 4) is 0 Å². The van der Waals surface area contributed by atoms with Crippen molar-refractivity contribution in [1.29, 1.82) is 0 Å². The topological polar surface area (TPSA) is 55.2 Å². The van der Waals surface area contributed by atoms with Crippen LogP contribution in [-0.2, 0) is 18.4 Å². The molecule has 1 amide bonds. The molecule has 0 atom stereocenters. The van der Waals surface area contributed by atoms with Crippen LogP contribution in [0.3, 0.4) is 0 Å². The molecular weight excluding hydrogens is 280 g/mol. The highest BCUT2D eigenvalue weighted by Crippen LogP contribution is 2.32. The van der Waals surface area contributed by atoms with E-state index < -0.39 is 23.3 Å². The number of carbonyl (C=O) groups excluding carboxylic acids is 2. The molecule has 0 aliphatic carbocycles. The third-order valence-electron chi connectivity index (χ3n) is 3.43. The van der Waals surface area contributed by atoms with Gasteiger partial charge in [0.25, 0.3) is 11.7 Å². The Morgan fingerprint density at radius 2 is 1.81 bits per heavy atom. The van der Waals surface area contributed by atoms with Gasteiger partial charge < -0.3 is 0 Å². The maximum Gasteiger partial charge on any atom is 0.299 e. The predicted octanol–water partition coefficient (Wildman–Crippen LogP) is 1.74. The summed E-state index contributed by atoms with van der Waals surface area (Å²) in [4.78, 5) is 25.0. The summed E-state index contributed by atoms with van der Waals surface area (Å²) >= 11 is 0. The number of hydrogen-bond donors (Lipinski definition) is 0. The van der Waals surface area contributed by atoms with Crippen LogP contribution in [0, 0.1) is 18.6 Å². The third-order valence-corrected chi connectivity index (χ3v) is 3.43. The van der Waals surface area contributed by atoms with Gasteiger partial charge in [-0.15, -0.1) is 0 Å². The summed E-state index contributed by atoms with van der Waals surface area (Å²) in [5, 5.41) is 4.14. The van der Waals surface area contributed by atoms with E-state index in [9.17, 15) is 18.4 Å². The number of amides is 1. The monoisotopic (exact) mass is 291 g/mol. The molecule has 0 spiro atoms. The molecule has 0 radical (unpaired) electrons. The van der Waals surface area contributed by atoms with Crippen molar-refractivity contribution >= 4 is 17.4 Å². The van der Waals surface area contributed by atoms with E-state index in [0.29, 0.717) is 5.69 Å². The maximum absolute atomic E-state index is 13.4. The Morgan fingerprint density at radius 3 is 2.43 bits per heavy atom. The molecule has 2 heterocycles. The molecule has 0 unspecified atom stereocenters. The molecule has 21 heavy (non-hydrogen) atoms. The number of halogens is 2. The van der Waals surface area contributed by atoms with Gasteiger partial charge in [-0.25, -0.2) is 8.78 Å². The zero-order valence-corrected chi connectivity index (χ0v) is 11.4. The average molecular weight is 291 g/mol. The van der Waals surface area contributed by atoms with Crippen molar-refractivity contribution in [1.82, 2.24) is 9.78 Å². The minimum atomic E-state index is -1.15. The lowest BCUT2D eigenvalue weighted by molar-refractivity contribution is -0.114. The Balaban J connectivity index is 2.05. The van der Waals surface area contributed by atoms with Crippen molar-refractivity contribution in [2.24, 2.45) is 7.05 Å². The Labute approximate surface area is 118 Å². The van der Waals surface area contributed by atoms with Crippen LogP contribution in [0.2, 0.25) is 0 Å². The molecule has 0 fully saturated rings. The Kier molecular flexibility index (Phi) is 2.86. The summed E-state index contributed by atoms with van der Waals surface area (Å²) in [5.74, 6) is -3.87. The number of hydrogen-bond acceptors (Lipinski definition) is 3. The first-order valence-corrected chi connectivity index (χ1v) is 6.23. The first kappa shape index (κ1) is 13.4. The molecule has 5 nitrogen and oxygen atoms in total. The van der Waals surface area contributed by atoms with Gasteiger partial charge in [0.05, 0.1) is 29.2 Å². The Bertz CT molecular complexity index is 783. The van der Waals surface area contributed by atoms with Crippen LogP contribution in [0.15, 0.2) is 18.2 Å². The van der Waals surface area contributed by atoms with Crippen LogP contribution in [0.4, 0.5) is 14.5 Å². The van der Waals surface area contributed by atoms with E-state index in [1.807, 2.05) is 0 Å². The van der Waals surface area contributed by atoms with Crippen molar-refractivity contribution in [3.05, 3.63) is 46.8 Å². The highest BCUT2D eigenvalue weighted by atomic mass is 19.2. The molecule has 7 heteroatoms. The molecule has 0 saturated carbocycles. The lowest BCUT2D eigenvalue weighted by Crippen LogP contribution is -2.30. The van der Waals surface area contributed by atoms with Crippen molar-refractivity contribution < 1.29 is 18.4 Å². The Hall–Kier alpha value is -2.57. The van der Waals surface area contributed by atoms with Crippen LogP contribution in [0.1, 0.15) is 21.7 Å². The lowest BCUT2D eigenvalue weighted by atomic mass is 10.1. The lowest BCUT2D eigenvalue weighted by Gasteiger charge is -2.16. The van der Waals surface area contributed by atoms with Crippen LogP contribution in [-0.4, -0.2) is 21.5 Å². The van der Waals surface area contributed by atoms with Crippen LogP contribution in [0.25, 0.3) is 0 Å². The summed E-state index contributed by atoms with van der Waals surface area (Å²) in [5.41, 5.74) is 1.42. The average Bonchev–Trinajstić information content (AvgIpc) is 2.84. The van der Waals surface area contributed by atoms with Crippen molar-refractivity contribution in [2.45, 2.75) is 13.5 Å². The van der Waals surface area contributed by atoms with Crippen molar-refractivity contribution in [2.75, 3.05) is 4.90 Å². The highest BCUT2D eigenvalue weighted by molar-refractivity contribution is 6.52. The standard InChI is InChI=1S/C14H11F2N3O2/c1-7-3-8(18(2)17-7)6-19-12-5-11(16)10(15)4-9(12)13(20)14(19)21/h3-5H,6H2,1-2H3. The van der Waals surface area contributed by atoms with E-state index in [4.69, 9.17) is 0 Å². The third kappa shape index (κ3) is 2.01. The molecule has 0 bridgehead atoms. The van der Waals surface area contributed by atoms with Crippen LogP contribution >= 0.6 is 0 Å².